The molecule has 0 saturated heterocycles. The molecule has 0 aromatic heterocycles. The molecule has 19 heavy (non-hydrogen) atoms. The highest BCUT2D eigenvalue weighted by Gasteiger charge is 2.47. The van der Waals surface area contributed by atoms with Crippen molar-refractivity contribution in [3.63, 3.8) is 0 Å². The van der Waals surface area contributed by atoms with Gasteiger partial charge in [-0.1, -0.05) is 55.4 Å². The Kier molecular flexibility index (Phi) is 4.31. The van der Waals surface area contributed by atoms with Crippen LogP contribution < -0.4 is 11.0 Å². The van der Waals surface area contributed by atoms with Crippen molar-refractivity contribution in [1.29, 1.82) is 0 Å². The van der Waals surface area contributed by atoms with Crippen molar-refractivity contribution in [2.75, 3.05) is 6.54 Å². The van der Waals surface area contributed by atoms with E-state index in [2.05, 4.69) is 31.7 Å². The molecule has 2 N–H and O–H groups in total. The Morgan fingerprint density at radius 3 is 2.05 bits per heavy atom. The second kappa shape index (κ2) is 5.00. The topological polar surface area (TPSA) is 27.3 Å². The van der Waals surface area contributed by atoms with Crippen molar-refractivity contribution in [1.82, 2.24) is 16.0 Å². The first-order valence-electron chi connectivity index (χ1n) is 6.99. The van der Waals surface area contributed by atoms with E-state index in [-0.39, 0.29) is 10.7 Å². The largest absolute Gasteiger partial charge is 0.365 e. The predicted octanol–water partition coefficient (Wildman–Crippen LogP) is 3.74. The van der Waals surface area contributed by atoms with Crippen molar-refractivity contribution in [3.05, 3.63) is 11.9 Å². The zero-order chi connectivity index (χ0) is 15.1. The molecule has 0 fully saturated rings. The molecule has 0 aromatic carbocycles. The Hall–Kier alpha value is -0.705. The molecule has 1 heterocycles. The van der Waals surface area contributed by atoms with Crippen LogP contribution in [0.4, 0.5) is 4.32 Å². The van der Waals surface area contributed by atoms with E-state index in [1.165, 1.54) is 0 Å². The van der Waals surface area contributed by atoms with Gasteiger partial charge in [-0.2, -0.15) is 0 Å². The normalized spacial score (nSPS) is 17.3. The van der Waals surface area contributed by atoms with Crippen molar-refractivity contribution >= 4 is 6.99 Å². The van der Waals surface area contributed by atoms with Crippen LogP contribution in [0.3, 0.4) is 0 Å². The highest BCUT2D eigenvalue weighted by atomic mass is 19.1. The Morgan fingerprint density at radius 1 is 1.11 bits per heavy atom. The molecule has 1 aliphatic heterocycles. The van der Waals surface area contributed by atoms with Crippen molar-refractivity contribution in [2.24, 2.45) is 5.41 Å². The summed E-state index contributed by atoms with van der Waals surface area (Å²) in [6, 6.07) is 0. The van der Waals surface area contributed by atoms with E-state index >= 15 is 0 Å². The fourth-order valence-corrected chi connectivity index (χ4v) is 2.50. The highest BCUT2D eigenvalue weighted by Crippen LogP contribution is 2.47. The van der Waals surface area contributed by atoms with E-state index in [9.17, 15) is 4.32 Å². The molecule has 0 aromatic rings. The van der Waals surface area contributed by atoms with Gasteiger partial charge in [0, 0.05) is 23.8 Å². The summed E-state index contributed by atoms with van der Waals surface area (Å²) < 4.78 is 14.7. The van der Waals surface area contributed by atoms with Gasteiger partial charge >= 0.3 is 6.99 Å². The van der Waals surface area contributed by atoms with Crippen molar-refractivity contribution in [3.8, 4) is 0 Å². The number of hydrogen-bond acceptors (Lipinski definition) is 3. The quantitative estimate of drug-likeness (QED) is 0.764. The monoisotopic (exact) mass is 269 g/mol. The maximum atomic E-state index is 14.7. The third kappa shape index (κ3) is 4.13. The number of hydrogen-bond donors (Lipinski definition) is 2. The van der Waals surface area contributed by atoms with E-state index in [1.54, 1.807) is 0 Å². The average Bonchev–Trinajstić information content (AvgIpc) is 2.61. The standard InChI is InChI=1S/C14H29BFN3/c1-12(2,3)10-19-9-11(17-18-19)14(7,8)15(16)13(4,5)6/h9,17-18H,10H2,1-8H3. The number of rotatable bonds is 3. The van der Waals surface area contributed by atoms with Gasteiger partial charge < -0.3 is 9.74 Å². The van der Waals surface area contributed by atoms with Gasteiger partial charge in [-0.15, -0.1) is 5.53 Å². The van der Waals surface area contributed by atoms with E-state index in [1.807, 2.05) is 45.8 Å². The molecular weight excluding hydrogens is 240 g/mol. The molecule has 0 aliphatic carbocycles. The van der Waals surface area contributed by atoms with E-state index < -0.39 is 12.3 Å². The Morgan fingerprint density at radius 2 is 1.63 bits per heavy atom. The number of allylic oxidation sites excluding steroid dienone is 1. The number of halogens is 1. The van der Waals surface area contributed by atoms with Crippen LogP contribution in [-0.4, -0.2) is 18.5 Å². The summed E-state index contributed by atoms with van der Waals surface area (Å²) in [6.07, 6.45) is 1.99. The molecule has 0 saturated carbocycles. The van der Waals surface area contributed by atoms with Crippen LogP contribution in [-0.2, 0) is 0 Å². The fourth-order valence-electron chi connectivity index (χ4n) is 2.50. The fraction of sp³-hybridized carbons (Fsp3) is 0.857. The van der Waals surface area contributed by atoms with Crippen molar-refractivity contribution < 1.29 is 4.32 Å². The first-order valence-corrected chi connectivity index (χ1v) is 6.99. The van der Waals surface area contributed by atoms with Crippen LogP contribution in [0.2, 0.25) is 10.6 Å². The summed E-state index contributed by atoms with van der Waals surface area (Å²) in [4.78, 5) is 0. The third-order valence-electron chi connectivity index (χ3n) is 3.35. The van der Waals surface area contributed by atoms with Crippen LogP contribution in [0.25, 0.3) is 0 Å². The first-order chi connectivity index (χ1) is 8.34. The van der Waals surface area contributed by atoms with Crippen LogP contribution in [0.5, 0.6) is 0 Å². The lowest BCUT2D eigenvalue weighted by atomic mass is 9.36. The average molecular weight is 269 g/mol. The number of hydrazine groups is 2. The highest BCUT2D eigenvalue weighted by molar-refractivity contribution is 6.59. The van der Waals surface area contributed by atoms with Crippen LogP contribution in [0.1, 0.15) is 55.4 Å². The molecule has 1 rings (SSSR count). The summed E-state index contributed by atoms with van der Waals surface area (Å²) in [7, 11) is 0. The summed E-state index contributed by atoms with van der Waals surface area (Å²) in [5.41, 5.74) is 7.31. The smallest absolute Gasteiger partial charge is 0.335 e. The summed E-state index contributed by atoms with van der Waals surface area (Å²) in [5.74, 6) is 0. The minimum Gasteiger partial charge on any atom is -0.335 e. The summed E-state index contributed by atoms with van der Waals surface area (Å²) in [6.45, 7) is 16.2. The molecule has 110 valence electrons. The van der Waals surface area contributed by atoms with E-state index in [0.29, 0.717) is 0 Å². The molecule has 0 unspecified atom stereocenters. The molecule has 0 amide bonds. The molecular formula is C14H29BFN3. The summed E-state index contributed by atoms with van der Waals surface area (Å²) in [5, 5.41) is 1.08. The van der Waals surface area contributed by atoms with E-state index in [4.69, 9.17) is 0 Å². The maximum Gasteiger partial charge on any atom is 0.365 e. The molecule has 3 nitrogen and oxygen atoms in total. The molecule has 1 aliphatic rings. The Labute approximate surface area is 118 Å². The first kappa shape index (κ1) is 16.3. The lowest BCUT2D eigenvalue weighted by Gasteiger charge is -2.34. The SMILES string of the molecule is CC(C)(C)CN1C=C(C(C)(C)B(F)C(C)(C)C)NN1. The van der Waals surface area contributed by atoms with Gasteiger partial charge in [-0.25, -0.2) is 0 Å². The second-order valence-electron chi connectivity index (χ2n) is 8.42. The van der Waals surface area contributed by atoms with Crippen molar-refractivity contribution in [2.45, 2.75) is 66.0 Å². The lowest BCUT2D eigenvalue weighted by Crippen LogP contribution is -2.43. The van der Waals surface area contributed by atoms with Gasteiger partial charge in [-0.3, -0.25) is 5.01 Å². The van der Waals surface area contributed by atoms with Gasteiger partial charge in [0.1, 0.15) is 0 Å². The van der Waals surface area contributed by atoms with Gasteiger partial charge in [0.25, 0.3) is 0 Å². The predicted molar refractivity (Wildman–Crippen MR) is 81.1 cm³/mol. The molecule has 5 heteroatoms. The maximum absolute atomic E-state index is 14.7. The van der Waals surface area contributed by atoms with Gasteiger partial charge in [0.05, 0.1) is 0 Å². The second-order valence-corrected chi connectivity index (χ2v) is 8.42. The zero-order valence-corrected chi connectivity index (χ0v) is 13.7. The van der Waals surface area contributed by atoms with E-state index in [0.717, 1.165) is 12.2 Å². The minimum absolute atomic E-state index is 0.184. The van der Waals surface area contributed by atoms with Crippen LogP contribution >= 0.6 is 0 Å². The van der Waals surface area contributed by atoms with Gasteiger partial charge in [0.2, 0.25) is 0 Å². The van der Waals surface area contributed by atoms with Gasteiger partial charge in [-0.05, 0) is 10.7 Å². The third-order valence-corrected chi connectivity index (χ3v) is 3.35. The van der Waals surface area contributed by atoms with Crippen LogP contribution in [0.15, 0.2) is 11.9 Å². The molecule has 0 spiro atoms. The lowest BCUT2D eigenvalue weighted by molar-refractivity contribution is 0.191. The summed E-state index contributed by atoms with van der Waals surface area (Å²) >= 11 is 0. The number of nitrogens with zero attached hydrogens (tertiary/aromatic N) is 1. The minimum atomic E-state index is -0.921. The molecule has 0 atom stereocenters. The van der Waals surface area contributed by atoms with Gasteiger partial charge in [0.15, 0.2) is 0 Å². The number of nitrogens with one attached hydrogen (secondary N) is 2. The van der Waals surface area contributed by atoms with Crippen LogP contribution in [0, 0.1) is 5.41 Å². The Bertz CT molecular complexity index is 353. The zero-order valence-electron chi connectivity index (χ0n) is 13.7. The molecule has 0 bridgehead atoms. The Balaban J connectivity index is 2.83. The molecule has 0 radical (unpaired) electrons.